The van der Waals surface area contributed by atoms with E-state index in [4.69, 9.17) is 0 Å². The normalized spacial score (nSPS) is 17.1. The summed E-state index contributed by atoms with van der Waals surface area (Å²) in [6.07, 6.45) is 1.26. The van der Waals surface area contributed by atoms with Gasteiger partial charge in [0, 0.05) is 24.8 Å². The van der Waals surface area contributed by atoms with Crippen LogP contribution in [-0.4, -0.2) is 43.7 Å². The standard InChI is InChI=1S/C20H22FN3O4S/c1-14-4-10-18(11-5-14)29(27,28)24-12-2-3-17(24)13-22-19(25)20(26)23-16-8-6-15(21)7-9-16/h4-11,17H,2-3,12-13H2,1H3,(H,22,25)(H,23,26)/t17-/m0/s1. The molecule has 29 heavy (non-hydrogen) atoms. The number of halogens is 1. The highest BCUT2D eigenvalue weighted by Crippen LogP contribution is 2.26. The molecule has 0 bridgehead atoms. The molecule has 1 heterocycles. The minimum atomic E-state index is -3.68. The molecule has 0 aliphatic carbocycles. The van der Waals surface area contributed by atoms with Gasteiger partial charge < -0.3 is 10.6 Å². The molecule has 1 aliphatic heterocycles. The molecule has 2 N–H and O–H groups in total. The van der Waals surface area contributed by atoms with Gasteiger partial charge in [0.2, 0.25) is 10.0 Å². The van der Waals surface area contributed by atoms with Crippen LogP contribution in [-0.2, 0) is 19.6 Å². The van der Waals surface area contributed by atoms with Crippen LogP contribution < -0.4 is 10.6 Å². The molecule has 2 aromatic carbocycles. The van der Waals surface area contributed by atoms with Crippen molar-refractivity contribution in [3.63, 3.8) is 0 Å². The summed E-state index contributed by atoms with van der Waals surface area (Å²) in [5.41, 5.74) is 1.25. The molecule has 1 aliphatic rings. The molecule has 0 spiro atoms. The van der Waals surface area contributed by atoms with Crippen molar-refractivity contribution >= 4 is 27.5 Å². The Morgan fingerprint density at radius 1 is 1.07 bits per heavy atom. The van der Waals surface area contributed by atoms with Crippen LogP contribution in [0.25, 0.3) is 0 Å². The zero-order chi connectivity index (χ0) is 21.0. The van der Waals surface area contributed by atoms with Gasteiger partial charge in [0.25, 0.3) is 0 Å². The number of hydrogen-bond donors (Lipinski definition) is 2. The van der Waals surface area contributed by atoms with Gasteiger partial charge in [0.05, 0.1) is 4.90 Å². The topological polar surface area (TPSA) is 95.6 Å². The van der Waals surface area contributed by atoms with Crippen LogP contribution in [0.2, 0.25) is 0 Å². The lowest BCUT2D eigenvalue weighted by molar-refractivity contribution is -0.136. The van der Waals surface area contributed by atoms with E-state index in [1.54, 1.807) is 24.3 Å². The second-order valence-corrected chi connectivity index (χ2v) is 8.79. The fourth-order valence-corrected chi connectivity index (χ4v) is 4.88. The van der Waals surface area contributed by atoms with Crippen molar-refractivity contribution in [2.24, 2.45) is 0 Å². The zero-order valence-corrected chi connectivity index (χ0v) is 16.7. The number of carbonyl (C=O) groups excluding carboxylic acids is 2. The Morgan fingerprint density at radius 3 is 2.38 bits per heavy atom. The average Bonchev–Trinajstić information content (AvgIpc) is 3.17. The van der Waals surface area contributed by atoms with Crippen LogP contribution in [0.4, 0.5) is 10.1 Å². The number of hydrogen-bond acceptors (Lipinski definition) is 4. The number of nitrogens with zero attached hydrogens (tertiary/aromatic N) is 1. The number of rotatable bonds is 5. The fourth-order valence-electron chi connectivity index (χ4n) is 3.19. The van der Waals surface area contributed by atoms with E-state index in [1.165, 1.54) is 28.6 Å². The van der Waals surface area contributed by atoms with E-state index >= 15 is 0 Å². The van der Waals surface area contributed by atoms with Gasteiger partial charge in [-0.05, 0) is 56.2 Å². The number of sulfonamides is 1. The summed E-state index contributed by atoms with van der Waals surface area (Å²) in [5, 5.41) is 4.85. The largest absolute Gasteiger partial charge is 0.346 e. The van der Waals surface area contributed by atoms with E-state index in [9.17, 15) is 22.4 Å². The summed E-state index contributed by atoms with van der Waals surface area (Å²) in [4.78, 5) is 24.3. The maximum absolute atomic E-state index is 12.9. The molecular formula is C20H22FN3O4S. The third-order valence-corrected chi connectivity index (χ3v) is 6.72. The monoisotopic (exact) mass is 419 g/mol. The molecule has 154 valence electrons. The van der Waals surface area contributed by atoms with Crippen molar-refractivity contribution in [3.8, 4) is 0 Å². The summed E-state index contributed by atoms with van der Waals surface area (Å²) in [6.45, 7) is 2.26. The number of anilines is 1. The molecule has 2 amide bonds. The molecular weight excluding hydrogens is 397 g/mol. The van der Waals surface area contributed by atoms with E-state index in [-0.39, 0.29) is 17.1 Å². The van der Waals surface area contributed by atoms with Crippen LogP contribution in [0.5, 0.6) is 0 Å². The number of benzene rings is 2. The first kappa shape index (κ1) is 20.9. The van der Waals surface area contributed by atoms with Gasteiger partial charge in [-0.25, -0.2) is 12.8 Å². The van der Waals surface area contributed by atoms with Gasteiger partial charge in [0.15, 0.2) is 0 Å². The molecule has 1 saturated heterocycles. The van der Waals surface area contributed by atoms with Gasteiger partial charge in [0.1, 0.15) is 5.82 Å². The molecule has 7 nitrogen and oxygen atoms in total. The van der Waals surface area contributed by atoms with Crippen molar-refractivity contribution in [1.82, 2.24) is 9.62 Å². The highest BCUT2D eigenvalue weighted by atomic mass is 32.2. The summed E-state index contributed by atoms with van der Waals surface area (Å²) in [7, 11) is -3.68. The van der Waals surface area contributed by atoms with Crippen LogP contribution in [0.15, 0.2) is 53.4 Å². The molecule has 9 heteroatoms. The van der Waals surface area contributed by atoms with Gasteiger partial charge in [-0.3, -0.25) is 9.59 Å². The first-order valence-electron chi connectivity index (χ1n) is 9.20. The lowest BCUT2D eigenvalue weighted by atomic mass is 10.2. The Bertz CT molecular complexity index is 991. The van der Waals surface area contributed by atoms with E-state index in [0.29, 0.717) is 19.4 Å². The van der Waals surface area contributed by atoms with E-state index in [2.05, 4.69) is 10.6 Å². The zero-order valence-electron chi connectivity index (χ0n) is 15.9. The number of nitrogens with one attached hydrogen (secondary N) is 2. The Hall–Kier alpha value is -2.78. The SMILES string of the molecule is Cc1ccc(S(=O)(=O)N2CCC[C@H]2CNC(=O)C(=O)Nc2ccc(F)cc2)cc1. The van der Waals surface area contributed by atoms with Crippen molar-refractivity contribution in [3.05, 3.63) is 59.9 Å². The lowest BCUT2D eigenvalue weighted by Gasteiger charge is -2.24. The van der Waals surface area contributed by atoms with Gasteiger partial charge >= 0.3 is 11.8 Å². The Balaban J connectivity index is 1.60. The van der Waals surface area contributed by atoms with Crippen molar-refractivity contribution < 1.29 is 22.4 Å². The van der Waals surface area contributed by atoms with E-state index in [1.807, 2.05) is 6.92 Å². The molecule has 3 rings (SSSR count). The summed E-state index contributed by atoms with van der Waals surface area (Å²) >= 11 is 0. The Morgan fingerprint density at radius 2 is 1.72 bits per heavy atom. The molecule has 0 saturated carbocycles. The first-order chi connectivity index (χ1) is 13.8. The van der Waals surface area contributed by atoms with E-state index in [0.717, 1.165) is 5.56 Å². The third-order valence-electron chi connectivity index (χ3n) is 4.76. The molecule has 0 unspecified atom stereocenters. The van der Waals surface area contributed by atoms with Crippen LogP contribution in [0.3, 0.4) is 0 Å². The minimum Gasteiger partial charge on any atom is -0.346 e. The summed E-state index contributed by atoms with van der Waals surface area (Å²) < 4.78 is 40.1. The van der Waals surface area contributed by atoms with Gasteiger partial charge in [-0.1, -0.05) is 17.7 Å². The molecule has 1 atom stereocenters. The quantitative estimate of drug-likeness (QED) is 0.725. The predicted octanol–water partition coefficient (Wildman–Crippen LogP) is 2.04. The highest BCUT2D eigenvalue weighted by Gasteiger charge is 2.35. The lowest BCUT2D eigenvalue weighted by Crippen LogP contribution is -2.45. The molecule has 0 aromatic heterocycles. The van der Waals surface area contributed by atoms with Gasteiger partial charge in [-0.2, -0.15) is 4.31 Å². The Labute approximate surface area is 169 Å². The van der Waals surface area contributed by atoms with Crippen molar-refractivity contribution in [2.45, 2.75) is 30.7 Å². The van der Waals surface area contributed by atoms with Crippen LogP contribution in [0.1, 0.15) is 18.4 Å². The maximum atomic E-state index is 12.9. The predicted molar refractivity (Wildman–Crippen MR) is 106 cm³/mol. The minimum absolute atomic E-state index is 0.0285. The number of carbonyl (C=O) groups is 2. The van der Waals surface area contributed by atoms with Crippen molar-refractivity contribution in [1.29, 1.82) is 0 Å². The highest BCUT2D eigenvalue weighted by molar-refractivity contribution is 7.89. The first-order valence-corrected chi connectivity index (χ1v) is 10.6. The number of amides is 2. The average molecular weight is 419 g/mol. The summed E-state index contributed by atoms with van der Waals surface area (Å²) in [6, 6.07) is 11.2. The van der Waals surface area contributed by atoms with Gasteiger partial charge in [-0.15, -0.1) is 0 Å². The molecule has 0 radical (unpaired) electrons. The maximum Gasteiger partial charge on any atom is 0.313 e. The fraction of sp³-hybridized carbons (Fsp3) is 0.300. The smallest absolute Gasteiger partial charge is 0.313 e. The molecule has 2 aromatic rings. The second kappa shape index (κ2) is 8.71. The van der Waals surface area contributed by atoms with Crippen LogP contribution >= 0.6 is 0 Å². The molecule has 1 fully saturated rings. The van der Waals surface area contributed by atoms with E-state index < -0.39 is 33.7 Å². The number of aryl methyl sites for hydroxylation is 1. The van der Waals surface area contributed by atoms with Crippen LogP contribution in [0, 0.1) is 12.7 Å². The Kier molecular flexibility index (Phi) is 6.29. The third kappa shape index (κ3) is 4.99. The summed E-state index contributed by atoms with van der Waals surface area (Å²) in [5.74, 6) is -2.24. The second-order valence-electron chi connectivity index (χ2n) is 6.90. The van der Waals surface area contributed by atoms with Crippen molar-refractivity contribution in [2.75, 3.05) is 18.4 Å².